The van der Waals surface area contributed by atoms with Crippen LogP contribution in [0, 0.1) is 4.64 Å². The molecule has 390 valence electrons. The van der Waals surface area contributed by atoms with Crippen LogP contribution in [0.15, 0.2) is 132 Å². The number of alkyl halides is 3. The second-order valence-electron chi connectivity index (χ2n) is 11.2. The number of halogens is 6. The van der Waals surface area contributed by atoms with Crippen LogP contribution in [-0.4, -0.2) is 126 Å². The van der Waals surface area contributed by atoms with Crippen molar-refractivity contribution in [2.24, 2.45) is 0 Å². The van der Waals surface area contributed by atoms with Crippen LogP contribution in [0.3, 0.4) is 0 Å². The highest BCUT2D eigenvalue weighted by Gasteiger charge is 2.25. The number of ether oxygens (including phenoxy) is 3. The maximum atomic E-state index is 11.6. The second kappa shape index (κ2) is 44.2. The summed E-state index contributed by atoms with van der Waals surface area (Å²) in [6.45, 7) is 2.06. The molecule has 0 atom stereocenters. The summed E-state index contributed by atoms with van der Waals surface area (Å²) in [5.74, 6) is 1.94. The number of hydrogen-bond donors (Lipinski definition) is 5. The molecule has 0 fully saturated rings. The van der Waals surface area contributed by atoms with E-state index in [0.717, 1.165) is 37.2 Å². The van der Waals surface area contributed by atoms with E-state index in [1.807, 2.05) is 85.1 Å². The van der Waals surface area contributed by atoms with E-state index >= 15 is 0 Å². The number of methoxy groups -OCH3 is 1. The number of nitrogens with one attached hydrogen (secondary N) is 1. The molecular weight excluding hydrogens is 1190 g/mol. The van der Waals surface area contributed by atoms with Gasteiger partial charge in [-0.05, 0) is 138 Å². The summed E-state index contributed by atoms with van der Waals surface area (Å²) in [7, 11) is 13.0. The third-order valence-corrected chi connectivity index (χ3v) is 12.2. The molecule has 0 saturated carbocycles. The number of aromatic amines is 1. The number of para-hydroxylation sites is 2. The van der Waals surface area contributed by atoms with Crippen LogP contribution in [0.2, 0.25) is 0 Å². The van der Waals surface area contributed by atoms with Crippen LogP contribution in [-0.2, 0) is 19.0 Å². The first-order chi connectivity index (χ1) is 33.2. The molecule has 0 unspecified atom stereocenters. The van der Waals surface area contributed by atoms with Crippen molar-refractivity contribution in [3.05, 3.63) is 126 Å². The molecule has 0 aliphatic rings. The van der Waals surface area contributed by atoms with Crippen molar-refractivity contribution in [1.82, 2.24) is 45.3 Å². The van der Waals surface area contributed by atoms with Gasteiger partial charge in [0.2, 0.25) is 5.12 Å². The van der Waals surface area contributed by atoms with Crippen LogP contribution in [0.1, 0.15) is 6.92 Å². The summed E-state index contributed by atoms with van der Waals surface area (Å²) in [4.78, 5) is 49.3. The van der Waals surface area contributed by atoms with Gasteiger partial charge in [0.15, 0.2) is 0 Å². The number of aliphatic hydroxyl groups excluding tert-OH is 2. The Bertz CT molecular complexity index is 2490. The normalized spacial score (nSPS) is 9.59. The lowest BCUT2D eigenvalue weighted by molar-refractivity contribution is -0.109. The van der Waals surface area contributed by atoms with Gasteiger partial charge in [0, 0.05) is 53.7 Å². The molecule has 0 amide bonds. The van der Waals surface area contributed by atoms with Gasteiger partial charge in [0.1, 0.15) is 43.4 Å². The van der Waals surface area contributed by atoms with Crippen LogP contribution >= 0.6 is 149 Å². The average Bonchev–Trinajstić information content (AvgIpc) is 3.95. The largest absolute Gasteiger partial charge is 0.535 e. The lowest BCUT2D eigenvalue weighted by atomic mass is 10.3. The first-order valence-electron chi connectivity index (χ1n) is 18.8. The molecule has 0 spiro atoms. The van der Waals surface area contributed by atoms with Gasteiger partial charge < -0.3 is 34.6 Å². The number of H-pyrrole nitrogens is 1. The maximum Gasteiger partial charge on any atom is 0.535 e. The van der Waals surface area contributed by atoms with Crippen molar-refractivity contribution >= 4 is 189 Å². The Morgan fingerprint density at radius 3 is 1.69 bits per heavy atom. The summed E-state index contributed by atoms with van der Waals surface area (Å²) < 4.78 is 11.8. The van der Waals surface area contributed by atoms with Crippen molar-refractivity contribution in [2.75, 3.05) is 44.2 Å². The molecule has 0 bridgehead atoms. The number of carbonyl (C=O) groups is 3. The molecule has 5 heterocycles. The van der Waals surface area contributed by atoms with Gasteiger partial charge in [0.25, 0.3) is 0 Å². The van der Waals surface area contributed by atoms with E-state index < -0.39 is 16.3 Å². The number of hydrogen-bond acceptors (Lipinski definition) is 23. The van der Waals surface area contributed by atoms with Crippen LogP contribution in [0.25, 0.3) is 22.1 Å². The standard InChI is InChI=1S/C14H12N4O3S2.C7H9NOS2.C6H5N3O.C5H5NS.C3H3Cl3O3.C2H3ClOS.C2H6OS.2ClH/c19-14(20-9-10-22-23-13-7-3-4-8-15-13)21-18-12-6-2-1-5-11(12)16-17-18;9-5-6-10-11-7-3-1-2-4-8-7;10-9-6-4-2-1-3-5(6)7-8-9;7-5-3-1-2-4-6-5;1-8-2(7)9-3(4,5)6;1-2(4)5-3;3-1-2-4;;/h1-8H,9-10H2;1-4,9H,5-6H2;1-4,10H;1-4H,(H,6,7);1H3;1H3;3-4H,1-2H2;2*1H. The number of thiol groups is 1. The van der Waals surface area contributed by atoms with Gasteiger partial charge in [-0.15, -0.1) is 35.0 Å². The van der Waals surface area contributed by atoms with Gasteiger partial charge in [-0.2, -0.15) is 12.6 Å². The molecule has 0 saturated heterocycles. The third-order valence-electron chi connectivity index (χ3n) is 6.20. The monoisotopic (exact) mass is 1230 g/mol. The number of fused-ring (bicyclic) bond motifs is 2. The summed E-state index contributed by atoms with van der Waals surface area (Å²) in [6.07, 6.45) is 3.46. The molecule has 7 rings (SSSR count). The molecule has 32 heteroatoms. The number of rotatable bonds is 11. The Balaban J connectivity index is 0. The zero-order valence-corrected chi connectivity index (χ0v) is 47.2. The second-order valence-corrected chi connectivity index (χ2v) is 20.4. The Morgan fingerprint density at radius 1 is 0.761 bits per heavy atom. The van der Waals surface area contributed by atoms with E-state index in [2.05, 4.69) is 57.7 Å². The molecule has 4 N–H and O–H groups in total. The number of aromatic nitrogens is 9. The first-order valence-corrected chi connectivity index (χ1v) is 27.3. The highest BCUT2D eigenvalue weighted by Crippen LogP contribution is 2.29. The smallest absolute Gasteiger partial charge is 0.438 e. The van der Waals surface area contributed by atoms with E-state index in [-0.39, 0.29) is 49.7 Å². The van der Waals surface area contributed by atoms with Crippen LogP contribution in [0.4, 0.5) is 9.59 Å². The van der Waals surface area contributed by atoms with Gasteiger partial charge in [-0.3, -0.25) is 9.63 Å². The zero-order valence-electron chi connectivity index (χ0n) is 36.8. The van der Waals surface area contributed by atoms with Crippen molar-refractivity contribution in [3.63, 3.8) is 0 Å². The topological polar surface area (TPSA) is 252 Å². The highest BCUT2D eigenvalue weighted by atomic mass is 35.7. The van der Waals surface area contributed by atoms with Crippen molar-refractivity contribution < 1.29 is 48.9 Å². The van der Waals surface area contributed by atoms with E-state index in [1.165, 1.54) is 17.7 Å². The van der Waals surface area contributed by atoms with E-state index in [0.29, 0.717) is 44.5 Å². The van der Waals surface area contributed by atoms with Crippen molar-refractivity contribution in [3.8, 4) is 0 Å². The molecule has 0 radical (unpaired) electrons. The predicted octanol–water partition coefficient (Wildman–Crippen LogP) is 11.3. The average molecular weight is 1240 g/mol. The number of carbonyl (C=O) groups excluding carboxylic acids is 3. The quantitative estimate of drug-likeness (QED) is 0.0118. The fraction of sp³-hybridized carbons (Fsp3) is 0.231. The Labute approximate surface area is 470 Å². The molecular formula is C39H45Cl6N9O10S7. The van der Waals surface area contributed by atoms with E-state index in [9.17, 15) is 14.4 Å². The Hall–Kier alpha value is -3.32. The van der Waals surface area contributed by atoms with Crippen molar-refractivity contribution in [2.45, 2.75) is 21.0 Å². The fourth-order valence-corrected chi connectivity index (χ4v) is 7.26. The summed E-state index contributed by atoms with van der Waals surface area (Å²) in [5.41, 5.74) is 2.57. The first kappa shape index (κ1) is 69.8. The lowest BCUT2D eigenvalue weighted by Gasteiger charge is -2.09. The Morgan fingerprint density at radius 2 is 1.27 bits per heavy atom. The number of pyridine rings is 3. The Kier molecular flexibility index (Phi) is 43.4. The van der Waals surface area contributed by atoms with E-state index in [4.69, 9.17) is 82.7 Å². The van der Waals surface area contributed by atoms with Gasteiger partial charge in [-0.25, -0.2) is 19.6 Å². The number of nitrogens with zero attached hydrogens (tertiary/aromatic N) is 8. The molecule has 5 aromatic heterocycles. The molecule has 19 nitrogen and oxygen atoms in total. The minimum Gasteiger partial charge on any atom is -0.438 e. The SMILES string of the molecule is CC(=O)SCl.COC(=O)OC(Cl)(Cl)Cl.Cl.Cl.O=C(OCCSSc1ccccn1)On1nnc2ccccc21.OCCS.OCCSSc1ccccn1.On1nnc2ccccc21.S=c1cccc[nH]1. The van der Waals surface area contributed by atoms with Gasteiger partial charge in [0.05, 0.1) is 20.3 Å². The molecule has 71 heavy (non-hydrogen) atoms. The minimum atomic E-state index is -2.03. The van der Waals surface area contributed by atoms with Crippen molar-refractivity contribution in [1.29, 1.82) is 0 Å². The number of benzene rings is 2. The maximum absolute atomic E-state index is 11.6. The lowest BCUT2D eigenvalue weighted by Crippen LogP contribution is -2.22. The minimum absolute atomic E-state index is 0. The summed E-state index contributed by atoms with van der Waals surface area (Å²) in [5, 5.41) is 41.8. The zero-order chi connectivity index (χ0) is 51.1. The molecule has 0 aliphatic carbocycles. The summed E-state index contributed by atoms with van der Waals surface area (Å²) in [6, 6.07) is 31.5. The van der Waals surface area contributed by atoms with Crippen LogP contribution < -0.4 is 4.84 Å². The van der Waals surface area contributed by atoms with Gasteiger partial charge >= 0.3 is 16.3 Å². The molecule has 7 aromatic rings. The molecule has 2 aromatic carbocycles. The number of aliphatic hydroxyl groups is 2. The highest BCUT2D eigenvalue weighted by molar-refractivity contribution is 8.77. The fourth-order valence-electron chi connectivity index (χ4n) is 3.57. The van der Waals surface area contributed by atoms with Crippen LogP contribution in [0.5, 0.6) is 0 Å². The van der Waals surface area contributed by atoms with Gasteiger partial charge in [-0.1, -0.05) is 86.0 Å². The van der Waals surface area contributed by atoms with E-state index in [1.54, 1.807) is 69.0 Å². The third kappa shape index (κ3) is 36.3. The summed E-state index contributed by atoms with van der Waals surface area (Å²) >= 11 is 23.5. The molecule has 0 aliphatic heterocycles. The predicted molar refractivity (Wildman–Crippen MR) is 297 cm³/mol.